The highest BCUT2D eigenvalue weighted by Crippen LogP contribution is 2.27. The molecule has 0 bridgehead atoms. The van der Waals surface area contributed by atoms with Gasteiger partial charge in [-0.15, -0.1) is 0 Å². The molecule has 0 atom stereocenters. The molecule has 0 fully saturated rings. The molecular formula is C18H18Cl2N2O2. The van der Waals surface area contributed by atoms with Crippen LogP contribution in [0.2, 0.25) is 10.0 Å². The van der Waals surface area contributed by atoms with Crippen LogP contribution in [0.1, 0.15) is 19.4 Å². The van der Waals surface area contributed by atoms with Crippen molar-refractivity contribution in [3.8, 4) is 0 Å². The van der Waals surface area contributed by atoms with Crippen LogP contribution in [0.4, 0.5) is 11.4 Å². The minimum atomic E-state index is -1.27. The molecule has 4 nitrogen and oxygen atoms in total. The predicted molar refractivity (Wildman–Crippen MR) is 98.7 cm³/mol. The van der Waals surface area contributed by atoms with Gasteiger partial charge in [0.1, 0.15) is 5.41 Å². The SMILES string of the molecule is Cc1cccc(NC(=O)C(C)(C)C(=O)Nc2ccc(Cl)c(Cl)c2)c1. The van der Waals surface area contributed by atoms with Crippen molar-refractivity contribution < 1.29 is 9.59 Å². The summed E-state index contributed by atoms with van der Waals surface area (Å²) >= 11 is 11.8. The molecule has 0 aliphatic carbocycles. The number of benzene rings is 2. The van der Waals surface area contributed by atoms with Gasteiger partial charge in [-0.05, 0) is 56.7 Å². The first-order chi connectivity index (χ1) is 11.2. The van der Waals surface area contributed by atoms with E-state index in [-0.39, 0.29) is 0 Å². The third kappa shape index (κ3) is 4.28. The maximum atomic E-state index is 12.5. The first-order valence-electron chi connectivity index (χ1n) is 7.35. The Labute approximate surface area is 151 Å². The average Bonchev–Trinajstić information content (AvgIpc) is 2.50. The number of carbonyl (C=O) groups excluding carboxylic acids is 2. The van der Waals surface area contributed by atoms with E-state index in [9.17, 15) is 9.59 Å². The number of amides is 2. The number of hydrogen-bond acceptors (Lipinski definition) is 2. The topological polar surface area (TPSA) is 58.2 Å². The van der Waals surface area contributed by atoms with E-state index in [1.54, 1.807) is 32.0 Å². The Bertz CT molecular complexity index is 788. The second-order valence-electron chi connectivity index (χ2n) is 6.03. The van der Waals surface area contributed by atoms with Crippen LogP contribution >= 0.6 is 23.2 Å². The maximum absolute atomic E-state index is 12.5. The van der Waals surface area contributed by atoms with E-state index in [1.807, 2.05) is 25.1 Å². The largest absolute Gasteiger partial charge is 0.325 e. The highest BCUT2D eigenvalue weighted by atomic mass is 35.5. The average molecular weight is 365 g/mol. The summed E-state index contributed by atoms with van der Waals surface area (Å²) in [5.41, 5.74) is 0.877. The molecule has 0 radical (unpaired) electrons. The van der Waals surface area contributed by atoms with Crippen molar-refractivity contribution >= 4 is 46.4 Å². The van der Waals surface area contributed by atoms with E-state index in [0.29, 0.717) is 21.4 Å². The van der Waals surface area contributed by atoms with Gasteiger partial charge in [0.15, 0.2) is 0 Å². The van der Waals surface area contributed by atoms with Crippen LogP contribution in [0.25, 0.3) is 0 Å². The molecule has 2 rings (SSSR count). The van der Waals surface area contributed by atoms with Gasteiger partial charge in [-0.1, -0.05) is 35.3 Å². The van der Waals surface area contributed by atoms with E-state index in [2.05, 4.69) is 10.6 Å². The van der Waals surface area contributed by atoms with Gasteiger partial charge in [0.05, 0.1) is 10.0 Å². The van der Waals surface area contributed by atoms with E-state index in [1.165, 1.54) is 6.07 Å². The van der Waals surface area contributed by atoms with Crippen molar-refractivity contribution in [2.45, 2.75) is 20.8 Å². The zero-order valence-corrected chi connectivity index (χ0v) is 15.1. The molecule has 0 unspecified atom stereocenters. The molecule has 6 heteroatoms. The van der Waals surface area contributed by atoms with Crippen molar-refractivity contribution in [3.63, 3.8) is 0 Å². The normalized spacial score (nSPS) is 11.0. The molecule has 0 heterocycles. The Balaban J connectivity index is 2.11. The lowest BCUT2D eigenvalue weighted by atomic mass is 9.90. The Morgan fingerprint density at radius 2 is 1.46 bits per heavy atom. The predicted octanol–water partition coefficient (Wildman–Crippen LogP) is 4.91. The Kier molecular flexibility index (Phi) is 5.52. The van der Waals surface area contributed by atoms with Crippen LogP contribution in [-0.4, -0.2) is 11.8 Å². The molecule has 2 N–H and O–H groups in total. The number of nitrogens with one attached hydrogen (secondary N) is 2. The van der Waals surface area contributed by atoms with Gasteiger partial charge in [-0.25, -0.2) is 0 Å². The summed E-state index contributed by atoms with van der Waals surface area (Å²) in [6.07, 6.45) is 0. The van der Waals surface area contributed by atoms with Crippen LogP contribution < -0.4 is 10.6 Å². The van der Waals surface area contributed by atoms with Crippen LogP contribution in [0, 0.1) is 12.3 Å². The Morgan fingerprint density at radius 3 is 2.00 bits per heavy atom. The zero-order valence-electron chi connectivity index (χ0n) is 13.6. The summed E-state index contributed by atoms with van der Waals surface area (Å²) in [5, 5.41) is 6.17. The maximum Gasteiger partial charge on any atom is 0.239 e. The summed E-state index contributed by atoms with van der Waals surface area (Å²) in [6.45, 7) is 5.05. The first-order valence-corrected chi connectivity index (χ1v) is 8.10. The highest BCUT2D eigenvalue weighted by Gasteiger charge is 2.36. The monoisotopic (exact) mass is 364 g/mol. The number of aryl methyl sites for hydroxylation is 1. The van der Waals surface area contributed by atoms with Crippen LogP contribution in [0.5, 0.6) is 0 Å². The minimum absolute atomic E-state index is 0.330. The van der Waals surface area contributed by atoms with Crippen molar-refractivity contribution in [3.05, 3.63) is 58.1 Å². The molecule has 0 saturated carbocycles. The van der Waals surface area contributed by atoms with Gasteiger partial charge in [-0.2, -0.15) is 0 Å². The van der Waals surface area contributed by atoms with Crippen molar-refractivity contribution in [1.82, 2.24) is 0 Å². The fraction of sp³-hybridized carbons (Fsp3) is 0.222. The molecule has 2 aromatic rings. The Hall–Kier alpha value is -2.04. The number of carbonyl (C=O) groups is 2. The van der Waals surface area contributed by atoms with Gasteiger partial charge in [0, 0.05) is 11.4 Å². The van der Waals surface area contributed by atoms with Crippen LogP contribution in [0.15, 0.2) is 42.5 Å². The fourth-order valence-electron chi connectivity index (χ4n) is 1.97. The molecule has 0 aliphatic heterocycles. The lowest BCUT2D eigenvalue weighted by Gasteiger charge is -2.23. The molecule has 126 valence electrons. The van der Waals surface area contributed by atoms with E-state index < -0.39 is 17.2 Å². The molecule has 0 saturated heterocycles. The summed E-state index contributed by atoms with van der Waals surface area (Å²) in [7, 11) is 0. The summed E-state index contributed by atoms with van der Waals surface area (Å²) in [5.74, 6) is -0.836. The molecule has 2 amide bonds. The van der Waals surface area contributed by atoms with Gasteiger partial charge in [0.25, 0.3) is 0 Å². The molecule has 0 aliphatic rings. The molecule has 24 heavy (non-hydrogen) atoms. The number of hydrogen-bond donors (Lipinski definition) is 2. The van der Waals surface area contributed by atoms with Crippen molar-refractivity contribution in [1.29, 1.82) is 0 Å². The summed E-state index contributed by atoms with van der Waals surface area (Å²) < 4.78 is 0. The van der Waals surface area contributed by atoms with Gasteiger partial charge < -0.3 is 10.6 Å². The van der Waals surface area contributed by atoms with Gasteiger partial charge in [-0.3, -0.25) is 9.59 Å². The quantitative estimate of drug-likeness (QED) is 0.757. The third-order valence-corrected chi connectivity index (χ3v) is 4.33. The number of anilines is 2. The second-order valence-corrected chi connectivity index (χ2v) is 6.85. The molecule has 0 aromatic heterocycles. The van der Waals surface area contributed by atoms with E-state index >= 15 is 0 Å². The van der Waals surface area contributed by atoms with Gasteiger partial charge in [0.2, 0.25) is 11.8 Å². The van der Waals surface area contributed by atoms with Crippen LogP contribution in [-0.2, 0) is 9.59 Å². The summed E-state index contributed by atoms with van der Waals surface area (Å²) in [6, 6.07) is 12.1. The number of halogens is 2. The standard InChI is InChI=1S/C18H18Cl2N2O2/c1-11-5-4-6-12(9-11)21-16(23)18(2,3)17(24)22-13-7-8-14(19)15(20)10-13/h4-10H,1-3H3,(H,21,23)(H,22,24). The molecule has 2 aromatic carbocycles. The minimum Gasteiger partial charge on any atom is -0.325 e. The fourth-order valence-corrected chi connectivity index (χ4v) is 2.27. The molecular weight excluding hydrogens is 347 g/mol. The van der Waals surface area contributed by atoms with Crippen LogP contribution in [0.3, 0.4) is 0 Å². The summed E-state index contributed by atoms with van der Waals surface area (Å²) in [4.78, 5) is 25.0. The third-order valence-electron chi connectivity index (χ3n) is 3.59. The second kappa shape index (κ2) is 7.24. The lowest BCUT2D eigenvalue weighted by molar-refractivity contribution is -0.135. The lowest BCUT2D eigenvalue weighted by Crippen LogP contribution is -2.41. The zero-order chi connectivity index (χ0) is 17.9. The highest BCUT2D eigenvalue weighted by molar-refractivity contribution is 6.42. The van der Waals surface area contributed by atoms with Gasteiger partial charge >= 0.3 is 0 Å². The van der Waals surface area contributed by atoms with Crippen molar-refractivity contribution in [2.24, 2.45) is 5.41 Å². The first kappa shape index (κ1) is 18.3. The van der Waals surface area contributed by atoms with Crippen molar-refractivity contribution in [2.75, 3.05) is 10.6 Å². The van der Waals surface area contributed by atoms with E-state index in [4.69, 9.17) is 23.2 Å². The number of rotatable bonds is 4. The van der Waals surface area contributed by atoms with E-state index in [0.717, 1.165) is 5.56 Å². The smallest absolute Gasteiger partial charge is 0.239 e. The molecule has 0 spiro atoms. The Morgan fingerprint density at radius 1 is 0.875 bits per heavy atom.